The van der Waals surface area contributed by atoms with Gasteiger partial charge in [-0.1, -0.05) is 43.3 Å². The second kappa shape index (κ2) is 11.6. The minimum Gasteiger partial charge on any atom is -0.495 e. The standard InChI is InChI=1S/C29H30ClN3O5S/c1-29(2)12-20-27(21(34)13-29)26(16-6-8-23(37-4)24(10-16)38-5)18(14-31)28(33-20)39-15-25(35)32-19-11-17(30)7-9-22(19)36-3/h6-11,26,33H,12-13,15H2,1-5H3,(H,32,35). The van der Waals surface area contributed by atoms with Crippen LogP contribution in [0.15, 0.2) is 58.3 Å². The molecule has 1 heterocycles. The molecule has 0 bridgehead atoms. The van der Waals surface area contributed by atoms with Crippen molar-refractivity contribution in [2.24, 2.45) is 5.41 Å². The molecule has 0 radical (unpaired) electrons. The van der Waals surface area contributed by atoms with Crippen molar-refractivity contribution in [3.63, 3.8) is 0 Å². The molecule has 2 aromatic rings. The van der Waals surface area contributed by atoms with E-state index in [1.807, 2.05) is 19.9 Å². The van der Waals surface area contributed by atoms with Gasteiger partial charge in [0.1, 0.15) is 5.75 Å². The van der Waals surface area contributed by atoms with Gasteiger partial charge in [0.2, 0.25) is 5.91 Å². The Morgan fingerprint density at radius 2 is 1.79 bits per heavy atom. The summed E-state index contributed by atoms with van der Waals surface area (Å²) in [5.41, 5.74) is 2.66. The first-order valence-electron chi connectivity index (χ1n) is 12.3. The van der Waals surface area contributed by atoms with E-state index in [9.17, 15) is 14.9 Å². The molecule has 0 spiro atoms. The predicted molar refractivity (Wildman–Crippen MR) is 152 cm³/mol. The van der Waals surface area contributed by atoms with Gasteiger partial charge in [0, 0.05) is 22.7 Å². The number of dihydropyridines is 1. The molecule has 39 heavy (non-hydrogen) atoms. The van der Waals surface area contributed by atoms with Crippen LogP contribution in [0.3, 0.4) is 0 Å². The second-order valence-electron chi connectivity index (χ2n) is 10.0. The zero-order valence-corrected chi connectivity index (χ0v) is 24.0. The molecule has 1 unspecified atom stereocenters. The number of thioether (sulfide) groups is 1. The zero-order chi connectivity index (χ0) is 28.3. The first kappa shape index (κ1) is 28.4. The molecule has 1 atom stereocenters. The van der Waals surface area contributed by atoms with E-state index >= 15 is 0 Å². The van der Waals surface area contributed by atoms with Crippen LogP contribution in [0, 0.1) is 16.7 Å². The molecule has 0 fully saturated rings. The van der Waals surface area contributed by atoms with Gasteiger partial charge in [-0.2, -0.15) is 5.26 Å². The Balaban J connectivity index is 1.69. The summed E-state index contributed by atoms with van der Waals surface area (Å²) >= 11 is 7.30. The number of halogens is 1. The van der Waals surface area contributed by atoms with Crippen LogP contribution in [0.25, 0.3) is 0 Å². The van der Waals surface area contributed by atoms with Gasteiger partial charge in [0.05, 0.1) is 55.4 Å². The van der Waals surface area contributed by atoms with Gasteiger partial charge in [-0.15, -0.1) is 0 Å². The van der Waals surface area contributed by atoms with Crippen LogP contribution in [0.1, 0.15) is 38.2 Å². The Bertz CT molecular complexity index is 1430. The highest BCUT2D eigenvalue weighted by Gasteiger charge is 2.42. The summed E-state index contributed by atoms with van der Waals surface area (Å²) in [5.74, 6) is 0.643. The Morgan fingerprint density at radius 1 is 1.10 bits per heavy atom. The number of hydrogen-bond donors (Lipinski definition) is 2. The fraction of sp³-hybridized carbons (Fsp3) is 0.345. The van der Waals surface area contributed by atoms with Crippen LogP contribution in [0.4, 0.5) is 5.69 Å². The zero-order valence-electron chi connectivity index (χ0n) is 22.4. The average Bonchev–Trinajstić information content (AvgIpc) is 2.90. The molecule has 8 nitrogen and oxygen atoms in total. The number of methoxy groups -OCH3 is 3. The van der Waals surface area contributed by atoms with E-state index < -0.39 is 5.92 Å². The summed E-state index contributed by atoms with van der Waals surface area (Å²) < 4.78 is 16.2. The number of nitrogens with zero attached hydrogens (tertiary/aromatic N) is 1. The highest BCUT2D eigenvalue weighted by molar-refractivity contribution is 8.03. The largest absolute Gasteiger partial charge is 0.495 e. The molecular weight excluding hydrogens is 538 g/mol. The maximum absolute atomic E-state index is 13.5. The number of Topliss-reactive ketones (excluding diaryl/α,β-unsaturated/α-hetero) is 1. The fourth-order valence-corrected chi connectivity index (χ4v) is 5.99. The first-order chi connectivity index (χ1) is 18.6. The number of anilines is 1. The quantitative estimate of drug-likeness (QED) is 0.412. The number of rotatable bonds is 8. The normalized spacial score (nSPS) is 18.1. The van der Waals surface area contributed by atoms with Crippen molar-refractivity contribution in [1.29, 1.82) is 5.26 Å². The molecule has 4 rings (SSSR count). The smallest absolute Gasteiger partial charge is 0.234 e. The molecule has 1 amide bonds. The Morgan fingerprint density at radius 3 is 2.46 bits per heavy atom. The maximum atomic E-state index is 13.5. The van der Waals surface area contributed by atoms with Crippen LogP contribution < -0.4 is 24.8 Å². The van der Waals surface area contributed by atoms with Gasteiger partial charge < -0.3 is 24.8 Å². The number of amides is 1. The minimum absolute atomic E-state index is 0.00358. The summed E-state index contributed by atoms with van der Waals surface area (Å²) in [6.07, 6.45) is 1.01. The number of nitrogens with one attached hydrogen (secondary N) is 2. The van der Waals surface area contributed by atoms with Gasteiger partial charge in [-0.05, 0) is 47.7 Å². The molecule has 0 aromatic heterocycles. The van der Waals surface area contributed by atoms with Crippen LogP contribution in [0.2, 0.25) is 5.02 Å². The van der Waals surface area contributed by atoms with Crippen LogP contribution in [-0.2, 0) is 9.59 Å². The molecule has 2 N–H and O–H groups in total. The lowest BCUT2D eigenvalue weighted by Gasteiger charge is -2.39. The number of benzene rings is 2. The van der Waals surface area contributed by atoms with Gasteiger partial charge in [0.25, 0.3) is 0 Å². The molecule has 204 valence electrons. The highest BCUT2D eigenvalue weighted by Crippen LogP contribution is 2.48. The van der Waals surface area contributed by atoms with E-state index in [0.717, 1.165) is 11.3 Å². The number of ketones is 1. The van der Waals surface area contributed by atoms with Crippen molar-refractivity contribution in [3.8, 4) is 23.3 Å². The van der Waals surface area contributed by atoms with Crippen molar-refractivity contribution in [2.45, 2.75) is 32.6 Å². The predicted octanol–water partition coefficient (Wildman–Crippen LogP) is 5.80. The topological polar surface area (TPSA) is 110 Å². The van der Waals surface area contributed by atoms with E-state index in [-0.39, 0.29) is 22.9 Å². The van der Waals surface area contributed by atoms with Crippen molar-refractivity contribution < 1.29 is 23.8 Å². The molecule has 0 saturated carbocycles. The van der Waals surface area contributed by atoms with Crippen LogP contribution in [-0.4, -0.2) is 38.8 Å². The first-order valence-corrected chi connectivity index (χ1v) is 13.6. The van der Waals surface area contributed by atoms with E-state index in [1.165, 1.54) is 18.9 Å². The lowest BCUT2D eigenvalue weighted by Crippen LogP contribution is -2.37. The van der Waals surface area contributed by atoms with Gasteiger partial charge in [-0.3, -0.25) is 9.59 Å². The highest BCUT2D eigenvalue weighted by atomic mass is 35.5. The molecule has 0 saturated heterocycles. The summed E-state index contributed by atoms with van der Waals surface area (Å²) in [6, 6.07) is 12.7. The van der Waals surface area contributed by atoms with Crippen molar-refractivity contribution in [3.05, 3.63) is 68.9 Å². The monoisotopic (exact) mass is 567 g/mol. The molecule has 10 heteroatoms. The molecule has 2 aliphatic rings. The van der Waals surface area contributed by atoms with Gasteiger partial charge in [-0.25, -0.2) is 0 Å². The SMILES string of the molecule is COc1ccc(Cl)cc1NC(=O)CSC1=C(C#N)C(c2ccc(OC)c(OC)c2)C2=C(CC(C)(C)CC2=O)N1. The lowest BCUT2D eigenvalue weighted by molar-refractivity contribution is -0.118. The maximum Gasteiger partial charge on any atom is 0.234 e. The summed E-state index contributed by atoms with van der Waals surface area (Å²) in [5, 5.41) is 17.5. The Kier molecular flexibility index (Phi) is 8.48. The Labute approximate surface area is 237 Å². The molecule has 1 aliphatic carbocycles. The van der Waals surface area contributed by atoms with Gasteiger partial charge >= 0.3 is 0 Å². The average molecular weight is 568 g/mol. The third-order valence-electron chi connectivity index (χ3n) is 6.65. The number of nitriles is 1. The Hall–Kier alpha value is -3.61. The number of hydrogen-bond acceptors (Lipinski definition) is 8. The van der Waals surface area contributed by atoms with E-state index in [4.69, 9.17) is 25.8 Å². The number of carbonyl (C=O) groups is 2. The van der Waals surface area contributed by atoms with Gasteiger partial charge in [0.15, 0.2) is 17.3 Å². The minimum atomic E-state index is -0.603. The third-order valence-corrected chi connectivity index (χ3v) is 7.90. The second-order valence-corrected chi connectivity index (χ2v) is 11.5. The number of ether oxygens (including phenoxy) is 3. The number of carbonyl (C=O) groups excluding carboxylic acids is 2. The molecular formula is C29H30ClN3O5S. The third kappa shape index (κ3) is 6.02. The van der Waals surface area contributed by atoms with Crippen molar-refractivity contribution in [1.82, 2.24) is 5.32 Å². The van der Waals surface area contributed by atoms with Crippen LogP contribution >= 0.6 is 23.4 Å². The number of allylic oxidation sites excluding steroid dienone is 3. The fourth-order valence-electron chi connectivity index (χ4n) is 4.96. The molecule has 2 aromatic carbocycles. The van der Waals surface area contributed by atoms with Crippen molar-refractivity contribution >= 4 is 40.7 Å². The lowest BCUT2D eigenvalue weighted by atomic mass is 9.69. The summed E-state index contributed by atoms with van der Waals surface area (Å²) in [4.78, 5) is 26.4. The van der Waals surface area contributed by atoms with E-state index in [0.29, 0.717) is 57.0 Å². The van der Waals surface area contributed by atoms with E-state index in [1.54, 1.807) is 44.6 Å². The summed E-state index contributed by atoms with van der Waals surface area (Å²) in [7, 11) is 4.60. The van der Waals surface area contributed by atoms with Crippen molar-refractivity contribution in [2.75, 3.05) is 32.4 Å². The summed E-state index contributed by atoms with van der Waals surface area (Å²) in [6.45, 7) is 4.09. The van der Waals surface area contributed by atoms with Crippen LogP contribution in [0.5, 0.6) is 17.2 Å². The molecule has 1 aliphatic heterocycles. The van der Waals surface area contributed by atoms with E-state index in [2.05, 4.69) is 16.7 Å².